The molecule has 1 atom stereocenters. The largest absolute Gasteiger partial charge is 0.362 e. The molecule has 5 heteroatoms. The van der Waals surface area contributed by atoms with E-state index in [0.29, 0.717) is 6.04 Å². The molecule has 1 aromatic rings. The third kappa shape index (κ3) is 3.04. The first-order valence-electron chi connectivity index (χ1n) is 6.86. The molecule has 1 aromatic carbocycles. The topological polar surface area (TPSA) is 58.4 Å². The Morgan fingerprint density at radius 2 is 2.32 bits per heavy atom. The Labute approximate surface area is 113 Å². The zero-order valence-corrected chi connectivity index (χ0v) is 11.6. The van der Waals surface area contributed by atoms with Crippen molar-refractivity contribution in [1.29, 1.82) is 0 Å². The summed E-state index contributed by atoms with van der Waals surface area (Å²) in [5.41, 5.74) is 1.91. The summed E-state index contributed by atoms with van der Waals surface area (Å²) in [6.07, 6.45) is 2.03. The Bertz CT molecular complexity index is 456. The van der Waals surface area contributed by atoms with Gasteiger partial charge in [-0.2, -0.15) is 0 Å². The highest BCUT2D eigenvalue weighted by molar-refractivity contribution is 5.65. The highest BCUT2D eigenvalue weighted by Gasteiger charge is 2.27. The SMILES string of the molecule is CCCN(c1ccc(C)cc1[N+](=O)[O-])C1CCNC1. The van der Waals surface area contributed by atoms with Gasteiger partial charge in [-0.15, -0.1) is 0 Å². The fourth-order valence-electron chi connectivity index (χ4n) is 2.67. The molecule has 1 aliphatic rings. The lowest BCUT2D eigenvalue weighted by Gasteiger charge is -2.30. The maximum atomic E-state index is 11.3. The second-order valence-corrected chi connectivity index (χ2v) is 5.09. The van der Waals surface area contributed by atoms with Crippen molar-refractivity contribution in [2.45, 2.75) is 32.7 Å². The van der Waals surface area contributed by atoms with Crippen LogP contribution >= 0.6 is 0 Å². The van der Waals surface area contributed by atoms with Crippen molar-refractivity contribution in [3.05, 3.63) is 33.9 Å². The van der Waals surface area contributed by atoms with E-state index in [1.54, 1.807) is 6.07 Å². The van der Waals surface area contributed by atoms with Gasteiger partial charge in [-0.25, -0.2) is 0 Å². The van der Waals surface area contributed by atoms with Crippen LogP contribution < -0.4 is 10.2 Å². The number of hydrogen-bond donors (Lipinski definition) is 1. The second kappa shape index (κ2) is 6.02. The minimum absolute atomic E-state index is 0.223. The van der Waals surface area contributed by atoms with Crippen LogP contribution in [0, 0.1) is 17.0 Å². The predicted molar refractivity (Wildman–Crippen MR) is 76.7 cm³/mol. The van der Waals surface area contributed by atoms with Crippen LogP contribution in [0.3, 0.4) is 0 Å². The number of hydrogen-bond acceptors (Lipinski definition) is 4. The quantitative estimate of drug-likeness (QED) is 0.655. The van der Waals surface area contributed by atoms with Gasteiger partial charge in [0.25, 0.3) is 5.69 Å². The Kier molecular flexibility index (Phi) is 4.37. The van der Waals surface area contributed by atoms with Gasteiger partial charge < -0.3 is 10.2 Å². The van der Waals surface area contributed by atoms with E-state index in [2.05, 4.69) is 17.1 Å². The zero-order valence-electron chi connectivity index (χ0n) is 11.6. The van der Waals surface area contributed by atoms with Gasteiger partial charge in [-0.3, -0.25) is 10.1 Å². The number of benzene rings is 1. The first-order valence-corrected chi connectivity index (χ1v) is 6.86. The van der Waals surface area contributed by atoms with E-state index in [0.717, 1.165) is 43.7 Å². The van der Waals surface area contributed by atoms with Crippen molar-refractivity contribution in [2.24, 2.45) is 0 Å². The van der Waals surface area contributed by atoms with Crippen LogP contribution in [0.15, 0.2) is 18.2 Å². The van der Waals surface area contributed by atoms with Crippen LogP contribution in [-0.4, -0.2) is 30.6 Å². The lowest BCUT2D eigenvalue weighted by atomic mass is 10.1. The summed E-state index contributed by atoms with van der Waals surface area (Å²) in [7, 11) is 0. The van der Waals surface area contributed by atoms with Crippen LogP contribution in [-0.2, 0) is 0 Å². The molecule has 0 amide bonds. The van der Waals surface area contributed by atoms with E-state index in [9.17, 15) is 10.1 Å². The lowest BCUT2D eigenvalue weighted by molar-refractivity contribution is -0.384. The molecule has 1 fully saturated rings. The van der Waals surface area contributed by atoms with Gasteiger partial charge in [-0.1, -0.05) is 13.0 Å². The molecule has 0 aliphatic carbocycles. The highest BCUT2D eigenvalue weighted by atomic mass is 16.6. The zero-order chi connectivity index (χ0) is 13.8. The molecule has 1 unspecified atom stereocenters. The van der Waals surface area contributed by atoms with Crippen molar-refractivity contribution in [3.63, 3.8) is 0 Å². The molecule has 1 aliphatic heterocycles. The smallest absolute Gasteiger partial charge is 0.292 e. The molecule has 0 saturated carbocycles. The molecule has 0 aromatic heterocycles. The maximum Gasteiger partial charge on any atom is 0.292 e. The maximum absolute atomic E-state index is 11.3. The Hall–Kier alpha value is -1.62. The monoisotopic (exact) mass is 263 g/mol. The van der Waals surface area contributed by atoms with Gasteiger partial charge in [0.15, 0.2) is 0 Å². The molecule has 2 rings (SSSR count). The molecule has 1 heterocycles. The van der Waals surface area contributed by atoms with E-state index in [4.69, 9.17) is 0 Å². The first kappa shape index (κ1) is 13.8. The van der Waals surface area contributed by atoms with Crippen LogP contribution in [0.5, 0.6) is 0 Å². The van der Waals surface area contributed by atoms with Crippen molar-refractivity contribution < 1.29 is 4.92 Å². The van der Waals surface area contributed by atoms with Crippen molar-refractivity contribution in [2.75, 3.05) is 24.5 Å². The average molecular weight is 263 g/mol. The molecule has 19 heavy (non-hydrogen) atoms. The first-order chi connectivity index (χ1) is 9.13. The summed E-state index contributed by atoms with van der Waals surface area (Å²) in [4.78, 5) is 13.2. The third-order valence-corrected chi connectivity index (χ3v) is 3.58. The fourth-order valence-corrected chi connectivity index (χ4v) is 2.67. The number of aryl methyl sites for hydroxylation is 1. The molecule has 1 N–H and O–H groups in total. The van der Waals surface area contributed by atoms with Crippen LogP contribution in [0.2, 0.25) is 0 Å². The summed E-state index contributed by atoms with van der Waals surface area (Å²) in [5.74, 6) is 0. The molecule has 104 valence electrons. The highest BCUT2D eigenvalue weighted by Crippen LogP contribution is 2.31. The van der Waals surface area contributed by atoms with Gasteiger partial charge in [-0.05, 0) is 37.9 Å². The fraction of sp³-hybridized carbons (Fsp3) is 0.571. The molecule has 0 bridgehead atoms. The molecule has 0 spiro atoms. The van der Waals surface area contributed by atoms with Crippen molar-refractivity contribution in [1.82, 2.24) is 5.32 Å². The molecular weight excluding hydrogens is 242 g/mol. The Morgan fingerprint density at radius 3 is 2.89 bits per heavy atom. The van der Waals surface area contributed by atoms with E-state index in [1.165, 1.54) is 0 Å². The summed E-state index contributed by atoms with van der Waals surface area (Å²) >= 11 is 0. The van der Waals surface area contributed by atoms with Gasteiger partial charge in [0.2, 0.25) is 0 Å². The number of nitro benzene ring substituents is 1. The van der Waals surface area contributed by atoms with E-state index in [1.807, 2.05) is 19.1 Å². The van der Waals surface area contributed by atoms with Gasteiger partial charge in [0.05, 0.1) is 4.92 Å². The van der Waals surface area contributed by atoms with Crippen molar-refractivity contribution in [3.8, 4) is 0 Å². The van der Waals surface area contributed by atoms with Crippen LogP contribution in [0.25, 0.3) is 0 Å². The summed E-state index contributed by atoms with van der Waals surface area (Å²) in [6, 6.07) is 5.87. The number of nitrogens with zero attached hydrogens (tertiary/aromatic N) is 2. The second-order valence-electron chi connectivity index (χ2n) is 5.09. The molecule has 1 saturated heterocycles. The van der Waals surface area contributed by atoms with Crippen LogP contribution in [0.1, 0.15) is 25.3 Å². The molecular formula is C14H21N3O2. The Morgan fingerprint density at radius 1 is 1.53 bits per heavy atom. The van der Waals surface area contributed by atoms with Gasteiger partial charge >= 0.3 is 0 Å². The lowest BCUT2D eigenvalue weighted by Crippen LogP contribution is -2.37. The standard InChI is InChI=1S/C14H21N3O2/c1-3-8-16(12-6-7-15-10-12)13-5-4-11(2)9-14(13)17(18)19/h4-5,9,12,15H,3,6-8,10H2,1-2H3. The summed E-state index contributed by atoms with van der Waals surface area (Å²) in [6.45, 7) is 6.75. The van der Waals surface area contributed by atoms with Gasteiger partial charge in [0, 0.05) is 25.2 Å². The van der Waals surface area contributed by atoms with E-state index >= 15 is 0 Å². The number of nitro groups is 1. The van der Waals surface area contributed by atoms with Crippen molar-refractivity contribution >= 4 is 11.4 Å². The number of anilines is 1. The van der Waals surface area contributed by atoms with Crippen LogP contribution in [0.4, 0.5) is 11.4 Å². The van der Waals surface area contributed by atoms with E-state index in [-0.39, 0.29) is 10.6 Å². The Balaban J connectivity index is 2.37. The minimum Gasteiger partial charge on any atom is -0.362 e. The van der Waals surface area contributed by atoms with Gasteiger partial charge in [0.1, 0.15) is 5.69 Å². The normalized spacial score (nSPS) is 18.5. The minimum atomic E-state index is -0.270. The summed E-state index contributed by atoms with van der Waals surface area (Å²) in [5, 5.41) is 14.6. The molecule has 0 radical (unpaired) electrons. The average Bonchev–Trinajstić information content (AvgIpc) is 2.90. The number of rotatable bonds is 5. The van der Waals surface area contributed by atoms with E-state index < -0.39 is 0 Å². The number of nitrogens with one attached hydrogen (secondary N) is 1. The predicted octanol–water partition coefficient (Wildman–Crippen LogP) is 2.48. The molecule has 5 nitrogen and oxygen atoms in total. The summed E-state index contributed by atoms with van der Waals surface area (Å²) < 4.78 is 0. The third-order valence-electron chi connectivity index (χ3n) is 3.58.